The van der Waals surface area contributed by atoms with E-state index in [1.807, 2.05) is 78.9 Å². The highest BCUT2D eigenvalue weighted by Crippen LogP contribution is 2.22. The van der Waals surface area contributed by atoms with E-state index in [2.05, 4.69) is 11.9 Å². The fourth-order valence-corrected chi connectivity index (χ4v) is 4.80. The van der Waals surface area contributed by atoms with E-state index in [1.165, 1.54) is 7.11 Å². The number of esters is 1. The molecule has 0 fully saturated rings. The summed E-state index contributed by atoms with van der Waals surface area (Å²) in [6, 6.07) is 32.9. The first-order valence-corrected chi connectivity index (χ1v) is 14.6. The van der Waals surface area contributed by atoms with Crippen LogP contribution in [0, 0.1) is 0 Å². The summed E-state index contributed by atoms with van der Waals surface area (Å²) in [6.45, 7) is 7.03. The molecule has 1 amide bonds. The number of carbonyl (C=O) groups excluding carboxylic acids is 3. The number of hydrogen-bond donors (Lipinski definition) is 1. The Labute approximate surface area is 259 Å². The molecule has 0 aliphatic rings. The topological polar surface area (TPSA) is 84.9 Å². The minimum atomic E-state index is -0.710. The van der Waals surface area contributed by atoms with Gasteiger partial charge in [0.25, 0.3) is 0 Å². The van der Waals surface area contributed by atoms with E-state index in [1.54, 1.807) is 42.2 Å². The molecule has 0 aliphatic carbocycles. The smallest absolute Gasteiger partial charge is 0.328 e. The fraction of sp³-hybridized carbons (Fsp3) is 0.216. The van der Waals surface area contributed by atoms with E-state index in [0.29, 0.717) is 60.7 Å². The molecule has 4 aromatic rings. The molecule has 1 atom stereocenters. The summed E-state index contributed by atoms with van der Waals surface area (Å²) in [4.78, 5) is 40.4. The van der Waals surface area contributed by atoms with Gasteiger partial charge in [0.1, 0.15) is 11.8 Å². The highest BCUT2D eigenvalue weighted by Gasteiger charge is 2.23. The van der Waals surface area contributed by atoms with Crippen molar-refractivity contribution in [3.8, 4) is 5.75 Å². The van der Waals surface area contributed by atoms with Crippen LogP contribution in [0.4, 0.5) is 5.69 Å². The molecule has 7 nitrogen and oxygen atoms in total. The first-order chi connectivity index (χ1) is 21.4. The lowest BCUT2D eigenvalue weighted by Gasteiger charge is -2.23. The van der Waals surface area contributed by atoms with Crippen molar-refractivity contribution in [3.05, 3.63) is 144 Å². The van der Waals surface area contributed by atoms with Crippen molar-refractivity contribution in [1.82, 2.24) is 4.90 Å². The minimum absolute atomic E-state index is 0.0703. The van der Waals surface area contributed by atoms with E-state index < -0.39 is 12.0 Å². The van der Waals surface area contributed by atoms with Crippen LogP contribution in [0.2, 0.25) is 0 Å². The zero-order chi connectivity index (χ0) is 31.3. The average Bonchev–Trinajstić information content (AvgIpc) is 3.06. The number of nitrogens with zero attached hydrogens (tertiary/aromatic N) is 1. The van der Waals surface area contributed by atoms with Gasteiger partial charge in [-0.2, -0.15) is 0 Å². The first-order valence-electron chi connectivity index (χ1n) is 14.6. The van der Waals surface area contributed by atoms with Crippen molar-refractivity contribution in [1.29, 1.82) is 0 Å². The molecule has 1 N–H and O–H groups in total. The Balaban J connectivity index is 1.35. The molecule has 0 heterocycles. The van der Waals surface area contributed by atoms with Crippen LogP contribution < -0.4 is 10.1 Å². The average molecular weight is 591 g/mol. The molecule has 4 rings (SSSR count). The molecule has 44 heavy (non-hydrogen) atoms. The predicted molar refractivity (Wildman–Crippen MR) is 173 cm³/mol. The van der Waals surface area contributed by atoms with Gasteiger partial charge in [0.2, 0.25) is 5.91 Å². The highest BCUT2D eigenvalue weighted by molar-refractivity contribution is 6.12. The number of nitrogens with one attached hydrogen (secondary N) is 1. The largest absolute Gasteiger partial charge is 0.494 e. The Bertz CT molecular complexity index is 1550. The summed E-state index contributed by atoms with van der Waals surface area (Å²) in [5.41, 5.74) is 4.06. The minimum Gasteiger partial charge on any atom is -0.494 e. The molecular weight excluding hydrogens is 552 g/mol. The Kier molecular flexibility index (Phi) is 11.5. The van der Waals surface area contributed by atoms with Crippen LogP contribution in [0.25, 0.3) is 0 Å². The molecule has 0 radical (unpaired) electrons. The van der Waals surface area contributed by atoms with Gasteiger partial charge in [-0.15, -0.1) is 0 Å². The zero-order valence-electron chi connectivity index (χ0n) is 25.2. The number of ketones is 1. The summed E-state index contributed by atoms with van der Waals surface area (Å²) in [7, 11) is 1.35. The summed E-state index contributed by atoms with van der Waals surface area (Å²) < 4.78 is 11.0. The van der Waals surface area contributed by atoms with E-state index in [4.69, 9.17) is 9.47 Å². The number of para-hydroxylation sites is 1. The van der Waals surface area contributed by atoms with Crippen LogP contribution in [-0.4, -0.2) is 48.9 Å². The van der Waals surface area contributed by atoms with Crippen LogP contribution in [0.1, 0.15) is 40.4 Å². The van der Waals surface area contributed by atoms with Gasteiger partial charge in [-0.1, -0.05) is 91.5 Å². The normalized spacial score (nSPS) is 11.2. The van der Waals surface area contributed by atoms with Gasteiger partial charge in [-0.05, 0) is 48.7 Å². The van der Waals surface area contributed by atoms with Crippen molar-refractivity contribution in [2.75, 3.05) is 25.6 Å². The lowest BCUT2D eigenvalue weighted by atomic mass is 10.00. The maximum atomic E-state index is 13.2. The molecule has 4 aromatic carbocycles. The first kappa shape index (κ1) is 31.8. The van der Waals surface area contributed by atoms with Crippen molar-refractivity contribution in [2.24, 2.45) is 0 Å². The molecule has 0 bridgehead atoms. The monoisotopic (exact) mass is 590 g/mol. The number of ether oxygens (including phenoxy) is 2. The standard InChI is InChI=1S/C37H38N2O5/c1-27(2)36(41)39(26-29-13-6-4-7-14-29)23-12-24-44-31-21-19-28(20-22-31)25-34(37(42)43-3)38-33-18-11-10-17-32(33)35(40)30-15-8-5-9-16-30/h4-11,13-22,34,38H,1,12,23-26H2,2-3H3. The number of methoxy groups -OCH3 is 1. The van der Waals surface area contributed by atoms with Crippen LogP contribution in [0.5, 0.6) is 5.75 Å². The molecular formula is C37H38N2O5. The summed E-state index contributed by atoms with van der Waals surface area (Å²) in [5.74, 6) is 0.0534. The van der Waals surface area contributed by atoms with Crippen molar-refractivity contribution < 1.29 is 23.9 Å². The Morgan fingerprint density at radius 2 is 1.45 bits per heavy atom. The van der Waals surface area contributed by atoms with Gasteiger partial charge < -0.3 is 19.7 Å². The summed E-state index contributed by atoms with van der Waals surface area (Å²) >= 11 is 0. The molecule has 226 valence electrons. The Hall–Kier alpha value is -5.17. The second-order valence-corrected chi connectivity index (χ2v) is 10.5. The number of rotatable bonds is 15. The van der Waals surface area contributed by atoms with Gasteiger partial charge in [0, 0.05) is 41.9 Å². The fourth-order valence-electron chi connectivity index (χ4n) is 4.80. The van der Waals surface area contributed by atoms with E-state index in [0.717, 1.165) is 11.1 Å². The molecule has 7 heteroatoms. The SMILES string of the molecule is C=C(C)C(=O)N(CCCOc1ccc(CC(Nc2ccccc2C(=O)c2ccccc2)C(=O)OC)cc1)Cc1ccccc1. The third-order valence-corrected chi connectivity index (χ3v) is 7.10. The van der Waals surface area contributed by atoms with E-state index in [9.17, 15) is 14.4 Å². The van der Waals surface area contributed by atoms with Gasteiger partial charge in [-0.25, -0.2) is 4.79 Å². The lowest BCUT2D eigenvalue weighted by molar-refractivity contribution is -0.141. The molecule has 0 aromatic heterocycles. The van der Waals surface area contributed by atoms with E-state index >= 15 is 0 Å². The lowest BCUT2D eigenvalue weighted by Crippen LogP contribution is -2.33. The molecule has 1 unspecified atom stereocenters. The van der Waals surface area contributed by atoms with Gasteiger partial charge in [0.05, 0.1) is 13.7 Å². The van der Waals surface area contributed by atoms with Crippen molar-refractivity contribution in [2.45, 2.75) is 32.4 Å². The van der Waals surface area contributed by atoms with Crippen molar-refractivity contribution >= 4 is 23.3 Å². The Morgan fingerprint density at radius 1 is 0.818 bits per heavy atom. The second-order valence-electron chi connectivity index (χ2n) is 10.5. The number of anilines is 1. The molecule has 0 aliphatic heterocycles. The van der Waals surface area contributed by atoms with Gasteiger partial charge in [0.15, 0.2) is 5.78 Å². The van der Waals surface area contributed by atoms with Crippen LogP contribution in [-0.2, 0) is 27.3 Å². The van der Waals surface area contributed by atoms with Crippen LogP contribution in [0.15, 0.2) is 121 Å². The van der Waals surface area contributed by atoms with Gasteiger partial charge in [-0.3, -0.25) is 9.59 Å². The number of benzene rings is 4. The maximum absolute atomic E-state index is 13.2. The molecule has 0 saturated heterocycles. The molecule has 0 saturated carbocycles. The Morgan fingerprint density at radius 3 is 2.11 bits per heavy atom. The van der Waals surface area contributed by atoms with Crippen LogP contribution in [0.3, 0.4) is 0 Å². The van der Waals surface area contributed by atoms with E-state index in [-0.39, 0.29) is 11.7 Å². The van der Waals surface area contributed by atoms with Gasteiger partial charge >= 0.3 is 5.97 Å². The van der Waals surface area contributed by atoms with Crippen molar-refractivity contribution in [3.63, 3.8) is 0 Å². The second kappa shape index (κ2) is 15.9. The maximum Gasteiger partial charge on any atom is 0.328 e. The highest BCUT2D eigenvalue weighted by atomic mass is 16.5. The third kappa shape index (κ3) is 8.91. The number of amides is 1. The summed E-state index contributed by atoms with van der Waals surface area (Å²) in [6.07, 6.45) is 1.00. The molecule has 0 spiro atoms. The zero-order valence-corrected chi connectivity index (χ0v) is 25.2. The predicted octanol–water partition coefficient (Wildman–Crippen LogP) is 6.49. The third-order valence-electron chi connectivity index (χ3n) is 7.10. The van der Waals surface area contributed by atoms with Crippen LogP contribution >= 0.6 is 0 Å². The summed E-state index contributed by atoms with van der Waals surface area (Å²) in [5, 5.41) is 3.23. The number of carbonyl (C=O) groups is 3. The quantitative estimate of drug-likeness (QED) is 0.0738. The number of hydrogen-bond acceptors (Lipinski definition) is 6.